The third-order valence-electron chi connectivity index (χ3n) is 5.47. The molecular formula is C23H21ClFN3O4. The zero-order valence-electron chi connectivity index (χ0n) is 17.6. The number of piperazine rings is 1. The van der Waals surface area contributed by atoms with Crippen molar-refractivity contribution in [1.29, 1.82) is 0 Å². The van der Waals surface area contributed by atoms with E-state index in [1.54, 1.807) is 48.1 Å². The van der Waals surface area contributed by atoms with Crippen LogP contribution in [0.3, 0.4) is 0 Å². The summed E-state index contributed by atoms with van der Waals surface area (Å²) in [6.45, 7) is 3.00. The number of ether oxygens (including phenoxy) is 1. The largest absolute Gasteiger partial charge is 0.497 e. The Balaban J connectivity index is 1.50. The van der Waals surface area contributed by atoms with E-state index in [1.165, 1.54) is 18.2 Å². The molecule has 7 nitrogen and oxygen atoms in total. The molecule has 0 unspecified atom stereocenters. The van der Waals surface area contributed by atoms with Crippen LogP contribution in [0.2, 0.25) is 5.02 Å². The lowest BCUT2D eigenvalue weighted by atomic mass is 10.0. The summed E-state index contributed by atoms with van der Waals surface area (Å²) in [6, 6.07) is 11.2. The zero-order chi connectivity index (χ0) is 22.8. The number of halogens is 2. The number of methoxy groups -OCH3 is 1. The molecule has 0 spiro atoms. The Morgan fingerprint density at radius 3 is 2.25 bits per heavy atom. The Labute approximate surface area is 189 Å². The van der Waals surface area contributed by atoms with Gasteiger partial charge in [-0.1, -0.05) is 22.8 Å². The van der Waals surface area contributed by atoms with Crippen molar-refractivity contribution < 1.29 is 23.2 Å². The third kappa shape index (κ3) is 4.05. The van der Waals surface area contributed by atoms with Crippen LogP contribution in [0.5, 0.6) is 5.75 Å². The standard InChI is InChI=1S/C23H21ClFN3O4/c1-14-19(21(26-32-14)20-17(24)4-3-5-18(20)25)23(30)28-12-10-27(11-13-28)22(29)15-6-8-16(31-2)9-7-15/h3-9H,10-13H2,1-2H3. The molecule has 0 aliphatic carbocycles. The molecule has 1 aromatic heterocycles. The average Bonchev–Trinajstić information content (AvgIpc) is 3.19. The number of carbonyl (C=O) groups excluding carboxylic acids is 2. The first kappa shape index (κ1) is 21.8. The Hall–Kier alpha value is -3.39. The first-order chi connectivity index (χ1) is 15.4. The van der Waals surface area contributed by atoms with Gasteiger partial charge >= 0.3 is 0 Å². The molecule has 0 atom stereocenters. The topological polar surface area (TPSA) is 75.9 Å². The molecule has 0 saturated carbocycles. The van der Waals surface area contributed by atoms with Crippen molar-refractivity contribution >= 4 is 23.4 Å². The summed E-state index contributed by atoms with van der Waals surface area (Å²) in [6.07, 6.45) is 0. The Morgan fingerprint density at radius 2 is 1.66 bits per heavy atom. The van der Waals surface area contributed by atoms with E-state index in [4.69, 9.17) is 20.9 Å². The van der Waals surface area contributed by atoms with Crippen molar-refractivity contribution in [3.05, 3.63) is 70.2 Å². The van der Waals surface area contributed by atoms with Gasteiger partial charge in [-0.05, 0) is 43.3 Å². The van der Waals surface area contributed by atoms with Gasteiger partial charge in [0, 0.05) is 31.7 Å². The average molecular weight is 458 g/mol. The highest BCUT2D eigenvalue weighted by Crippen LogP contribution is 2.34. The predicted octanol–water partition coefficient (Wildman–Crippen LogP) is 4.05. The monoisotopic (exact) mass is 457 g/mol. The molecule has 0 bridgehead atoms. The summed E-state index contributed by atoms with van der Waals surface area (Å²) < 4.78 is 24.8. The van der Waals surface area contributed by atoms with Crippen LogP contribution >= 0.6 is 11.6 Å². The van der Waals surface area contributed by atoms with Crippen LogP contribution in [-0.4, -0.2) is 60.1 Å². The number of nitrogens with zero attached hydrogens (tertiary/aromatic N) is 3. The second kappa shape index (κ2) is 9.00. The van der Waals surface area contributed by atoms with Crippen molar-refractivity contribution in [3.63, 3.8) is 0 Å². The third-order valence-corrected chi connectivity index (χ3v) is 5.78. The van der Waals surface area contributed by atoms with Gasteiger partial charge in [0.15, 0.2) is 0 Å². The number of benzene rings is 2. The van der Waals surface area contributed by atoms with Crippen LogP contribution in [0.15, 0.2) is 47.0 Å². The van der Waals surface area contributed by atoms with E-state index in [9.17, 15) is 14.0 Å². The molecule has 166 valence electrons. The molecule has 3 aromatic rings. The van der Waals surface area contributed by atoms with Gasteiger partial charge in [-0.15, -0.1) is 0 Å². The summed E-state index contributed by atoms with van der Waals surface area (Å²) in [5, 5.41) is 4.04. The first-order valence-corrected chi connectivity index (χ1v) is 10.4. The SMILES string of the molecule is COc1ccc(C(=O)N2CCN(C(=O)c3c(-c4c(F)cccc4Cl)noc3C)CC2)cc1. The maximum atomic E-state index is 14.4. The minimum Gasteiger partial charge on any atom is -0.497 e. The van der Waals surface area contributed by atoms with Crippen LogP contribution in [0.25, 0.3) is 11.3 Å². The van der Waals surface area contributed by atoms with Crippen LogP contribution in [0.1, 0.15) is 26.5 Å². The van der Waals surface area contributed by atoms with E-state index >= 15 is 0 Å². The molecule has 2 amide bonds. The summed E-state index contributed by atoms with van der Waals surface area (Å²) in [5.41, 5.74) is 0.832. The second-order valence-electron chi connectivity index (χ2n) is 7.37. The second-order valence-corrected chi connectivity index (χ2v) is 7.78. The Bertz CT molecular complexity index is 1130. The van der Waals surface area contributed by atoms with Crippen molar-refractivity contribution in [2.45, 2.75) is 6.92 Å². The lowest BCUT2D eigenvalue weighted by molar-refractivity contribution is 0.0534. The van der Waals surface area contributed by atoms with Gasteiger partial charge in [-0.3, -0.25) is 9.59 Å². The maximum Gasteiger partial charge on any atom is 0.259 e. The van der Waals surface area contributed by atoms with Crippen LogP contribution < -0.4 is 4.74 Å². The molecule has 2 heterocycles. The number of aryl methyl sites for hydroxylation is 1. The fraction of sp³-hybridized carbons (Fsp3) is 0.261. The lowest BCUT2D eigenvalue weighted by Gasteiger charge is -2.34. The quantitative estimate of drug-likeness (QED) is 0.590. The van der Waals surface area contributed by atoms with Gasteiger partial charge in [0.1, 0.15) is 28.6 Å². The molecule has 1 fully saturated rings. The summed E-state index contributed by atoms with van der Waals surface area (Å²) in [7, 11) is 1.57. The van der Waals surface area contributed by atoms with Crippen LogP contribution in [-0.2, 0) is 0 Å². The van der Waals surface area contributed by atoms with E-state index in [-0.39, 0.29) is 39.4 Å². The highest BCUT2D eigenvalue weighted by Gasteiger charge is 2.31. The highest BCUT2D eigenvalue weighted by molar-refractivity contribution is 6.33. The predicted molar refractivity (Wildman–Crippen MR) is 116 cm³/mol. The number of aromatic nitrogens is 1. The fourth-order valence-electron chi connectivity index (χ4n) is 3.71. The lowest BCUT2D eigenvalue weighted by Crippen LogP contribution is -2.50. The summed E-state index contributed by atoms with van der Waals surface area (Å²) in [4.78, 5) is 29.3. The van der Waals surface area contributed by atoms with Gasteiger partial charge in [-0.25, -0.2) is 4.39 Å². The Morgan fingerprint density at radius 1 is 1.03 bits per heavy atom. The van der Waals surface area contributed by atoms with Gasteiger partial charge in [0.05, 0.1) is 17.7 Å². The van der Waals surface area contributed by atoms with Gasteiger partial charge in [0.25, 0.3) is 11.8 Å². The van der Waals surface area contributed by atoms with Crippen molar-refractivity contribution in [3.8, 4) is 17.0 Å². The number of amides is 2. The minimum atomic E-state index is -0.588. The summed E-state index contributed by atoms with van der Waals surface area (Å²) >= 11 is 6.17. The van der Waals surface area contributed by atoms with E-state index in [1.807, 2.05) is 0 Å². The molecule has 4 rings (SSSR count). The van der Waals surface area contributed by atoms with Gasteiger partial charge in [0.2, 0.25) is 0 Å². The highest BCUT2D eigenvalue weighted by atomic mass is 35.5. The molecule has 2 aromatic carbocycles. The van der Waals surface area contributed by atoms with Crippen molar-refractivity contribution in [2.24, 2.45) is 0 Å². The number of hydrogen-bond donors (Lipinski definition) is 0. The minimum absolute atomic E-state index is 0.0303. The molecule has 9 heteroatoms. The molecule has 1 saturated heterocycles. The molecule has 1 aliphatic rings. The number of rotatable bonds is 4. The normalized spacial score (nSPS) is 13.9. The molecule has 0 N–H and O–H groups in total. The van der Waals surface area contributed by atoms with Crippen molar-refractivity contribution in [2.75, 3.05) is 33.3 Å². The molecular weight excluding hydrogens is 437 g/mol. The van der Waals surface area contributed by atoms with Crippen LogP contribution in [0.4, 0.5) is 4.39 Å². The molecule has 32 heavy (non-hydrogen) atoms. The number of carbonyl (C=O) groups is 2. The van der Waals surface area contributed by atoms with Crippen LogP contribution in [0, 0.1) is 12.7 Å². The van der Waals surface area contributed by atoms with E-state index in [2.05, 4.69) is 5.16 Å². The van der Waals surface area contributed by atoms with E-state index in [0.29, 0.717) is 37.5 Å². The smallest absolute Gasteiger partial charge is 0.259 e. The van der Waals surface area contributed by atoms with E-state index in [0.717, 1.165) is 0 Å². The number of hydrogen-bond acceptors (Lipinski definition) is 5. The van der Waals surface area contributed by atoms with Gasteiger partial charge < -0.3 is 19.1 Å². The summed E-state index contributed by atoms with van der Waals surface area (Å²) in [5.74, 6) is -0.0861. The molecule has 1 aliphatic heterocycles. The van der Waals surface area contributed by atoms with E-state index < -0.39 is 5.82 Å². The van der Waals surface area contributed by atoms with Gasteiger partial charge in [-0.2, -0.15) is 0 Å². The maximum absolute atomic E-state index is 14.4. The fourth-order valence-corrected chi connectivity index (χ4v) is 3.96. The first-order valence-electron chi connectivity index (χ1n) is 10.0. The molecule has 0 radical (unpaired) electrons. The zero-order valence-corrected chi connectivity index (χ0v) is 18.4. The Kier molecular flexibility index (Phi) is 6.14. The van der Waals surface area contributed by atoms with Crippen molar-refractivity contribution in [1.82, 2.24) is 15.0 Å².